The Bertz CT molecular complexity index is 753. The molecule has 0 spiro atoms. The molecule has 0 aliphatic carbocycles. The number of nitrogens with one attached hydrogen (secondary N) is 1. The minimum Gasteiger partial charge on any atom is -0.449 e. The van der Waals surface area contributed by atoms with Crippen LogP contribution in [0.2, 0.25) is 6.32 Å². The number of hydrogen-bond donors (Lipinski definition) is 1. The van der Waals surface area contributed by atoms with E-state index in [-0.39, 0.29) is 61.8 Å². The van der Waals surface area contributed by atoms with Gasteiger partial charge in [0.05, 0.1) is 4.90 Å². The van der Waals surface area contributed by atoms with Gasteiger partial charge in [-0.2, -0.15) is 0 Å². The van der Waals surface area contributed by atoms with Crippen LogP contribution in [0, 0.1) is 6.92 Å². The molecule has 1 N–H and O–H groups in total. The molecule has 0 saturated heterocycles. The van der Waals surface area contributed by atoms with Crippen LogP contribution in [0.5, 0.6) is 0 Å². The summed E-state index contributed by atoms with van der Waals surface area (Å²) in [5, 5.41) is 0. The van der Waals surface area contributed by atoms with E-state index in [1.165, 1.54) is 24.3 Å². The van der Waals surface area contributed by atoms with Crippen LogP contribution in [0.1, 0.15) is 17.2 Å². The summed E-state index contributed by atoms with van der Waals surface area (Å²) in [5.74, 6) is 0. The van der Waals surface area contributed by atoms with Crippen LogP contribution in [0.15, 0.2) is 59.5 Å². The summed E-state index contributed by atoms with van der Waals surface area (Å²) < 4.78 is 65.4. The van der Waals surface area contributed by atoms with Crippen molar-refractivity contribution < 1.29 is 72.7 Å². The van der Waals surface area contributed by atoms with Gasteiger partial charge in [-0.1, -0.05) is 54.3 Å². The fraction of sp³-hybridized carbons (Fsp3) is 0.200. The van der Waals surface area contributed by atoms with Crippen molar-refractivity contribution in [2.24, 2.45) is 0 Å². The van der Waals surface area contributed by atoms with Gasteiger partial charge in [0, 0.05) is 6.04 Å². The molecule has 124 valence electrons. The molecule has 1 atom stereocenters. The molecule has 0 heterocycles. The van der Waals surface area contributed by atoms with Crippen molar-refractivity contribution in [1.29, 1.82) is 0 Å². The van der Waals surface area contributed by atoms with Crippen LogP contribution in [-0.4, -0.2) is 15.4 Å². The van der Waals surface area contributed by atoms with Crippen LogP contribution in [0.25, 0.3) is 0 Å². The zero-order chi connectivity index (χ0) is 17.1. The fourth-order valence-corrected chi connectivity index (χ4v) is 3.41. The standard InChI is InChI=1S/C15H16BF3NO2S.K/c1-12-7-9-14(10-8-12)23(21,22)20-15(11-16(17,18)19)13-5-3-2-4-6-13;/h2-10,15,20H,11H2,1H3;/q-1;+1. The van der Waals surface area contributed by atoms with Crippen LogP contribution in [-0.2, 0) is 10.0 Å². The first kappa shape index (κ1) is 21.9. The number of rotatable bonds is 6. The Morgan fingerprint density at radius 3 is 2.04 bits per heavy atom. The van der Waals surface area contributed by atoms with Gasteiger partial charge < -0.3 is 12.9 Å². The average Bonchev–Trinajstić information content (AvgIpc) is 2.46. The predicted molar refractivity (Wildman–Crippen MR) is 84.6 cm³/mol. The molecule has 1 unspecified atom stereocenters. The Morgan fingerprint density at radius 2 is 1.54 bits per heavy atom. The minimum atomic E-state index is -5.14. The molecular formula is C15H16BF3KNO2S. The van der Waals surface area contributed by atoms with Gasteiger partial charge in [0.15, 0.2) is 0 Å². The molecule has 0 saturated carbocycles. The maximum absolute atomic E-state index is 12.8. The summed E-state index contributed by atoms with van der Waals surface area (Å²) in [6.07, 6.45) is -1.21. The normalized spacial score (nSPS) is 13.2. The van der Waals surface area contributed by atoms with E-state index in [1.807, 2.05) is 0 Å². The Labute approximate surface area is 182 Å². The largest absolute Gasteiger partial charge is 1.00 e. The summed E-state index contributed by atoms with van der Waals surface area (Å²) in [5.41, 5.74) is 1.14. The van der Waals surface area contributed by atoms with E-state index in [2.05, 4.69) is 4.72 Å². The fourth-order valence-electron chi connectivity index (χ4n) is 2.18. The van der Waals surface area contributed by atoms with Gasteiger partial charge in [-0.25, -0.2) is 13.1 Å². The Kier molecular flexibility index (Phi) is 8.18. The number of aryl methyl sites for hydroxylation is 1. The van der Waals surface area contributed by atoms with Crippen molar-refractivity contribution >= 4 is 17.0 Å². The van der Waals surface area contributed by atoms with Gasteiger partial charge in [-0.15, -0.1) is 0 Å². The third-order valence-corrected chi connectivity index (χ3v) is 4.82. The van der Waals surface area contributed by atoms with Gasteiger partial charge >= 0.3 is 58.4 Å². The maximum Gasteiger partial charge on any atom is 1.00 e. The second-order valence-corrected chi connectivity index (χ2v) is 7.06. The van der Waals surface area contributed by atoms with Crippen molar-refractivity contribution in [3.8, 4) is 0 Å². The Morgan fingerprint density at radius 1 is 1.00 bits per heavy atom. The molecule has 3 nitrogen and oxygen atoms in total. The average molecular weight is 381 g/mol. The summed E-state index contributed by atoms with van der Waals surface area (Å²) in [6, 6.07) is 12.4. The number of hydrogen-bond acceptors (Lipinski definition) is 2. The van der Waals surface area contributed by atoms with E-state index in [0.717, 1.165) is 5.56 Å². The van der Waals surface area contributed by atoms with Gasteiger partial charge in [0.2, 0.25) is 10.0 Å². The molecule has 2 rings (SSSR count). The molecule has 0 aromatic heterocycles. The summed E-state index contributed by atoms with van der Waals surface area (Å²) in [7, 11) is -4.04. The first-order chi connectivity index (χ1) is 10.7. The summed E-state index contributed by atoms with van der Waals surface area (Å²) >= 11 is 0. The summed E-state index contributed by atoms with van der Waals surface area (Å²) in [4.78, 5) is -0.0568. The van der Waals surface area contributed by atoms with Crippen molar-refractivity contribution in [1.82, 2.24) is 4.72 Å². The second-order valence-electron chi connectivity index (χ2n) is 5.34. The molecule has 0 aliphatic rings. The molecule has 9 heteroatoms. The SMILES string of the molecule is Cc1ccc(S(=O)(=O)NC(C[B-](F)(F)F)c2ccccc2)cc1.[K+]. The number of halogens is 3. The van der Waals surface area contributed by atoms with Crippen LogP contribution >= 0.6 is 0 Å². The van der Waals surface area contributed by atoms with Gasteiger partial charge in [-0.3, -0.25) is 0 Å². The maximum atomic E-state index is 12.8. The minimum absolute atomic E-state index is 0. The molecule has 0 aliphatic heterocycles. The van der Waals surface area contributed by atoms with E-state index >= 15 is 0 Å². The zero-order valence-corrected chi connectivity index (χ0v) is 17.4. The quantitative estimate of drug-likeness (QED) is 0.755. The third kappa shape index (κ3) is 6.63. The van der Waals surface area contributed by atoms with E-state index < -0.39 is 29.4 Å². The van der Waals surface area contributed by atoms with Crippen LogP contribution in [0.4, 0.5) is 12.9 Å². The monoisotopic (exact) mass is 381 g/mol. The molecule has 0 fully saturated rings. The molecule has 2 aromatic carbocycles. The number of benzene rings is 2. The molecule has 0 radical (unpaired) electrons. The topological polar surface area (TPSA) is 46.2 Å². The van der Waals surface area contributed by atoms with Crippen molar-refractivity contribution in [2.75, 3.05) is 0 Å². The zero-order valence-electron chi connectivity index (χ0n) is 13.4. The van der Waals surface area contributed by atoms with Crippen molar-refractivity contribution in [2.45, 2.75) is 24.2 Å². The molecule has 0 amide bonds. The first-order valence-electron chi connectivity index (χ1n) is 7.02. The van der Waals surface area contributed by atoms with Crippen LogP contribution < -0.4 is 56.1 Å². The van der Waals surface area contributed by atoms with Gasteiger partial charge in [0.25, 0.3) is 0 Å². The Hall–Kier alpha value is -0.159. The van der Waals surface area contributed by atoms with E-state index in [1.54, 1.807) is 37.3 Å². The second kappa shape index (κ2) is 8.98. The van der Waals surface area contributed by atoms with E-state index in [0.29, 0.717) is 0 Å². The smallest absolute Gasteiger partial charge is 0.449 e. The number of sulfonamides is 1. The van der Waals surface area contributed by atoms with Crippen molar-refractivity contribution in [3.63, 3.8) is 0 Å². The Balaban J connectivity index is 0.00000288. The molecule has 2 aromatic rings. The molecule has 0 bridgehead atoms. The molecular weight excluding hydrogens is 365 g/mol. The van der Waals surface area contributed by atoms with Crippen molar-refractivity contribution in [3.05, 3.63) is 65.7 Å². The van der Waals surface area contributed by atoms with Gasteiger partial charge in [-0.05, 0) is 24.6 Å². The van der Waals surface area contributed by atoms with Crippen LogP contribution in [0.3, 0.4) is 0 Å². The van der Waals surface area contributed by atoms with Gasteiger partial charge in [0.1, 0.15) is 0 Å². The summed E-state index contributed by atoms with van der Waals surface area (Å²) in [6.45, 7) is -3.35. The third-order valence-electron chi connectivity index (χ3n) is 3.33. The predicted octanol–water partition coefficient (Wildman–Crippen LogP) is 0.866. The van der Waals surface area contributed by atoms with E-state index in [4.69, 9.17) is 0 Å². The first-order valence-corrected chi connectivity index (χ1v) is 8.51. The van der Waals surface area contributed by atoms with E-state index in [9.17, 15) is 21.4 Å². The molecule has 24 heavy (non-hydrogen) atoms.